The molecule has 10 nitrogen and oxygen atoms in total. The van der Waals surface area contributed by atoms with Crippen molar-refractivity contribution >= 4 is 5.91 Å². The fourth-order valence-electron chi connectivity index (χ4n) is 9.14. The maximum atomic E-state index is 13.1. The molecule has 0 spiro atoms. The van der Waals surface area contributed by atoms with Crippen LogP contribution in [0.15, 0.2) is 36.5 Å². The highest BCUT2D eigenvalue weighted by Crippen LogP contribution is 2.23. The molecule has 0 aromatic rings. The Morgan fingerprint density at radius 3 is 1.28 bits per heavy atom. The molecule has 1 saturated heterocycles. The zero-order chi connectivity index (χ0) is 49.6. The van der Waals surface area contributed by atoms with Gasteiger partial charge in [-0.05, 0) is 44.9 Å². The van der Waals surface area contributed by atoms with Gasteiger partial charge in [0.25, 0.3) is 0 Å². The van der Waals surface area contributed by atoms with E-state index < -0.39 is 61.5 Å². The summed E-state index contributed by atoms with van der Waals surface area (Å²) in [5, 5.41) is 64.9. The van der Waals surface area contributed by atoms with E-state index in [1.54, 1.807) is 6.08 Å². The summed E-state index contributed by atoms with van der Waals surface area (Å²) >= 11 is 0. The van der Waals surface area contributed by atoms with Crippen molar-refractivity contribution in [3.8, 4) is 0 Å². The molecular formula is C58H109NO9. The quantitative estimate of drug-likeness (QED) is 0.0232. The van der Waals surface area contributed by atoms with Gasteiger partial charge in [0.1, 0.15) is 30.5 Å². The predicted molar refractivity (Wildman–Crippen MR) is 282 cm³/mol. The molecule has 1 aliphatic rings. The molecule has 1 aliphatic heterocycles. The smallest absolute Gasteiger partial charge is 0.249 e. The molecule has 10 heteroatoms. The van der Waals surface area contributed by atoms with Crippen molar-refractivity contribution < 1.29 is 44.9 Å². The topological polar surface area (TPSA) is 169 Å². The molecule has 8 unspecified atom stereocenters. The lowest BCUT2D eigenvalue weighted by atomic mass is 9.99. The van der Waals surface area contributed by atoms with Crippen molar-refractivity contribution in [3.05, 3.63) is 36.5 Å². The Hall–Kier alpha value is -1.63. The standard InChI is InChI=1S/C58H109NO9/c1-3-5-7-9-11-13-15-17-19-20-21-22-23-24-25-26-27-28-29-30-31-32-33-35-37-39-41-43-45-47-52(62)57(66)59-50(49-67-58-56(65)55(64)54(63)53(48-60)68-58)51(61)46-44-42-40-38-36-34-18-16-14-12-10-8-6-4-2/h14,16,36,38,44,46,50-56,58,60-65H,3-13,15,17-35,37,39-43,45,47-49H2,1-2H3,(H,59,66)/b16-14+,38-36+,46-44+. The molecule has 0 aromatic carbocycles. The first kappa shape index (κ1) is 64.4. The third-order valence-corrected chi connectivity index (χ3v) is 13.8. The van der Waals surface area contributed by atoms with Crippen molar-refractivity contribution in [1.82, 2.24) is 5.32 Å². The molecule has 0 aliphatic carbocycles. The summed E-state index contributed by atoms with van der Waals surface area (Å²) in [6.07, 6.45) is 51.2. The number of amides is 1. The largest absolute Gasteiger partial charge is 0.394 e. The average molecular weight is 965 g/mol. The van der Waals surface area contributed by atoms with Gasteiger partial charge in [-0.25, -0.2) is 0 Å². The van der Waals surface area contributed by atoms with Crippen molar-refractivity contribution in [2.24, 2.45) is 0 Å². The first-order valence-corrected chi connectivity index (χ1v) is 28.8. The molecule has 8 atom stereocenters. The number of carbonyl (C=O) groups is 1. The first-order chi connectivity index (χ1) is 33.3. The number of aliphatic hydroxyl groups excluding tert-OH is 6. The van der Waals surface area contributed by atoms with E-state index in [0.29, 0.717) is 19.3 Å². The number of rotatable bonds is 49. The minimum absolute atomic E-state index is 0.304. The second kappa shape index (κ2) is 47.7. The van der Waals surface area contributed by atoms with Crippen LogP contribution in [0.4, 0.5) is 0 Å². The summed E-state index contributed by atoms with van der Waals surface area (Å²) in [7, 11) is 0. The maximum absolute atomic E-state index is 13.1. The molecule has 1 amide bonds. The Labute approximate surface area is 417 Å². The summed E-state index contributed by atoms with van der Waals surface area (Å²) in [6.45, 7) is 3.59. The molecular weight excluding hydrogens is 855 g/mol. The Bertz CT molecular complexity index is 1180. The van der Waals surface area contributed by atoms with Crippen LogP contribution in [0.5, 0.6) is 0 Å². The summed E-state index contributed by atoms with van der Waals surface area (Å²) in [5.41, 5.74) is 0. The Morgan fingerprint density at radius 2 is 0.868 bits per heavy atom. The van der Waals surface area contributed by atoms with Crippen LogP contribution in [0, 0.1) is 0 Å². The molecule has 1 heterocycles. The van der Waals surface area contributed by atoms with Gasteiger partial charge in [-0.1, -0.05) is 256 Å². The molecule has 68 heavy (non-hydrogen) atoms. The van der Waals surface area contributed by atoms with E-state index in [1.807, 2.05) is 6.08 Å². The molecule has 1 fully saturated rings. The van der Waals surface area contributed by atoms with Crippen LogP contribution >= 0.6 is 0 Å². The second-order valence-corrected chi connectivity index (χ2v) is 20.2. The number of hydrogen-bond acceptors (Lipinski definition) is 9. The van der Waals surface area contributed by atoms with Crippen molar-refractivity contribution in [2.45, 2.75) is 313 Å². The van der Waals surface area contributed by atoms with Gasteiger partial charge in [0, 0.05) is 0 Å². The van der Waals surface area contributed by atoms with Gasteiger partial charge in [-0.3, -0.25) is 4.79 Å². The summed E-state index contributed by atoms with van der Waals surface area (Å²) < 4.78 is 11.2. The normalized spacial score (nSPS) is 20.3. The minimum Gasteiger partial charge on any atom is -0.394 e. The van der Waals surface area contributed by atoms with Crippen LogP contribution < -0.4 is 5.32 Å². The minimum atomic E-state index is -1.62. The molecule has 400 valence electrons. The maximum Gasteiger partial charge on any atom is 0.249 e. The molecule has 0 saturated carbocycles. The van der Waals surface area contributed by atoms with Crippen LogP contribution in [0.3, 0.4) is 0 Å². The Morgan fingerprint density at radius 1 is 0.500 bits per heavy atom. The third-order valence-electron chi connectivity index (χ3n) is 13.8. The number of nitrogens with one attached hydrogen (secondary N) is 1. The van der Waals surface area contributed by atoms with E-state index in [-0.39, 0.29) is 6.61 Å². The Kier molecular flexibility index (Phi) is 45.1. The van der Waals surface area contributed by atoms with E-state index in [9.17, 15) is 35.4 Å². The van der Waals surface area contributed by atoms with Crippen LogP contribution in [-0.2, 0) is 14.3 Å². The zero-order valence-electron chi connectivity index (χ0n) is 44.0. The number of hydrogen-bond donors (Lipinski definition) is 7. The molecule has 1 rings (SSSR count). The highest BCUT2D eigenvalue weighted by atomic mass is 16.7. The number of aliphatic hydroxyl groups is 6. The lowest BCUT2D eigenvalue weighted by molar-refractivity contribution is -0.302. The summed E-state index contributed by atoms with van der Waals surface area (Å²) in [5.74, 6) is -0.627. The molecule has 7 N–H and O–H groups in total. The van der Waals surface area contributed by atoms with E-state index in [2.05, 4.69) is 43.5 Å². The molecule has 0 aromatic heterocycles. The highest BCUT2D eigenvalue weighted by Gasteiger charge is 2.44. The fourth-order valence-corrected chi connectivity index (χ4v) is 9.14. The van der Waals surface area contributed by atoms with E-state index in [1.165, 1.54) is 186 Å². The lowest BCUT2D eigenvalue weighted by Crippen LogP contribution is -2.60. The number of ether oxygens (including phenoxy) is 2. The third kappa shape index (κ3) is 36.3. The van der Waals surface area contributed by atoms with Gasteiger partial charge in [0.05, 0.1) is 25.4 Å². The SMILES string of the molecule is CCCCCC/C=C/CC/C=C/CC/C=C/C(O)C(COC1OC(CO)C(O)C(O)C1O)NC(=O)C(O)CCCCCCCCCCCCCCCCCCCCCCCCCCCCCCC. The summed E-state index contributed by atoms with van der Waals surface area (Å²) in [4.78, 5) is 13.1. The van der Waals surface area contributed by atoms with Crippen LogP contribution in [0.1, 0.15) is 264 Å². The number of carbonyl (C=O) groups excluding carboxylic acids is 1. The lowest BCUT2D eigenvalue weighted by Gasteiger charge is -2.40. The molecule has 0 radical (unpaired) electrons. The second-order valence-electron chi connectivity index (χ2n) is 20.2. The van der Waals surface area contributed by atoms with Crippen LogP contribution in [-0.4, -0.2) is 98.7 Å². The van der Waals surface area contributed by atoms with Gasteiger partial charge in [0.2, 0.25) is 5.91 Å². The van der Waals surface area contributed by atoms with E-state index in [0.717, 1.165) is 44.9 Å². The highest BCUT2D eigenvalue weighted by molar-refractivity contribution is 5.80. The van der Waals surface area contributed by atoms with E-state index >= 15 is 0 Å². The van der Waals surface area contributed by atoms with Crippen molar-refractivity contribution in [1.29, 1.82) is 0 Å². The molecule has 0 bridgehead atoms. The fraction of sp³-hybridized carbons (Fsp3) is 0.879. The monoisotopic (exact) mass is 964 g/mol. The predicted octanol–water partition coefficient (Wildman–Crippen LogP) is 12.9. The van der Waals surface area contributed by atoms with Gasteiger partial charge in [0.15, 0.2) is 6.29 Å². The van der Waals surface area contributed by atoms with E-state index in [4.69, 9.17) is 9.47 Å². The first-order valence-electron chi connectivity index (χ1n) is 28.8. The van der Waals surface area contributed by atoms with Gasteiger partial charge >= 0.3 is 0 Å². The van der Waals surface area contributed by atoms with Crippen molar-refractivity contribution in [3.63, 3.8) is 0 Å². The number of allylic oxidation sites excluding steroid dienone is 5. The van der Waals surface area contributed by atoms with Crippen LogP contribution in [0.2, 0.25) is 0 Å². The number of unbranched alkanes of at least 4 members (excludes halogenated alkanes) is 34. The Balaban J connectivity index is 2.20. The van der Waals surface area contributed by atoms with Crippen LogP contribution in [0.25, 0.3) is 0 Å². The van der Waals surface area contributed by atoms with Gasteiger partial charge in [-0.2, -0.15) is 0 Å². The average Bonchev–Trinajstić information content (AvgIpc) is 3.34. The summed E-state index contributed by atoms with van der Waals surface area (Å²) in [6, 6.07) is -1.00. The van der Waals surface area contributed by atoms with Gasteiger partial charge in [-0.15, -0.1) is 0 Å². The van der Waals surface area contributed by atoms with Crippen molar-refractivity contribution in [2.75, 3.05) is 13.2 Å². The zero-order valence-corrected chi connectivity index (χ0v) is 44.0. The van der Waals surface area contributed by atoms with Gasteiger partial charge < -0.3 is 45.4 Å².